The van der Waals surface area contributed by atoms with Crippen LogP contribution in [0.2, 0.25) is 0 Å². The molecular weight excluding hydrogens is 178 g/mol. The molecule has 0 radical (unpaired) electrons. The molecule has 13 heavy (non-hydrogen) atoms. The highest BCUT2D eigenvalue weighted by Crippen LogP contribution is 2.35. The van der Waals surface area contributed by atoms with Gasteiger partial charge < -0.3 is 0 Å². The minimum Gasteiger partial charge on any atom is -0.192 e. The van der Waals surface area contributed by atoms with Gasteiger partial charge in [0.15, 0.2) is 0 Å². The molecule has 66 valence electrons. The quantitative estimate of drug-likeness (QED) is 0.730. The summed E-state index contributed by atoms with van der Waals surface area (Å²) in [6, 6.07) is 10.0. The van der Waals surface area contributed by atoms with Crippen LogP contribution in [0.25, 0.3) is 0 Å². The van der Waals surface area contributed by atoms with Gasteiger partial charge in [-0.1, -0.05) is 12.1 Å². The molecule has 2 heteroatoms. The summed E-state index contributed by atoms with van der Waals surface area (Å²) < 4.78 is 0. The molecule has 1 saturated carbocycles. The van der Waals surface area contributed by atoms with E-state index in [1.807, 2.05) is 36.0 Å². The molecule has 1 aromatic carbocycles. The zero-order valence-electron chi connectivity index (χ0n) is 7.36. The highest BCUT2D eigenvalue weighted by molar-refractivity contribution is 7.99. The number of benzene rings is 1. The van der Waals surface area contributed by atoms with Crippen molar-refractivity contribution in [2.75, 3.05) is 0 Å². The second-order valence-electron chi connectivity index (χ2n) is 3.32. The van der Waals surface area contributed by atoms with E-state index in [1.165, 1.54) is 18.4 Å². The fraction of sp³-hybridized carbons (Fsp3) is 0.364. The van der Waals surface area contributed by atoms with Gasteiger partial charge in [-0.25, -0.2) is 0 Å². The normalized spacial score (nSPS) is 15.3. The number of rotatable bonds is 3. The molecule has 0 heterocycles. The van der Waals surface area contributed by atoms with E-state index in [2.05, 4.69) is 6.07 Å². The maximum atomic E-state index is 8.60. The summed E-state index contributed by atoms with van der Waals surface area (Å²) in [4.78, 5) is 0. The molecule has 0 amide bonds. The van der Waals surface area contributed by atoms with Gasteiger partial charge in [0.2, 0.25) is 0 Å². The van der Waals surface area contributed by atoms with E-state index in [4.69, 9.17) is 5.26 Å². The van der Waals surface area contributed by atoms with Gasteiger partial charge in [0.1, 0.15) is 0 Å². The van der Waals surface area contributed by atoms with Gasteiger partial charge >= 0.3 is 0 Å². The number of hydrogen-bond acceptors (Lipinski definition) is 2. The van der Waals surface area contributed by atoms with Crippen LogP contribution < -0.4 is 0 Å². The van der Waals surface area contributed by atoms with Crippen LogP contribution in [-0.2, 0) is 5.75 Å². The Kier molecular flexibility index (Phi) is 2.56. The molecule has 0 aromatic heterocycles. The van der Waals surface area contributed by atoms with Crippen molar-refractivity contribution in [1.29, 1.82) is 5.26 Å². The lowest BCUT2D eigenvalue weighted by molar-refractivity contribution is 1.37. The van der Waals surface area contributed by atoms with Gasteiger partial charge in [0, 0.05) is 11.0 Å². The average molecular weight is 189 g/mol. The Morgan fingerprint density at radius 1 is 1.31 bits per heavy atom. The van der Waals surface area contributed by atoms with Crippen LogP contribution >= 0.6 is 11.8 Å². The second-order valence-corrected chi connectivity index (χ2v) is 4.61. The van der Waals surface area contributed by atoms with Crippen LogP contribution in [0.3, 0.4) is 0 Å². The van der Waals surface area contributed by atoms with Crippen molar-refractivity contribution in [2.45, 2.75) is 23.8 Å². The van der Waals surface area contributed by atoms with Crippen LogP contribution in [0.5, 0.6) is 0 Å². The number of thioether (sulfide) groups is 1. The smallest absolute Gasteiger partial charge is 0.0991 e. The van der Waals surface area contributed by atoms with Crippen LogP contribution in [0, 0.1) is 11.3 Å². The summed E-state index contributed by atoms with van der Waals surface area (Å²) in [6.45, 7) is 0. The topological polar surface area (TPSA) is 23.8 Å². The van der Waals surface area contributed by atoms with E-state index in [-0.39, 0.29) is 0 Å². The van der Waals surface area contributed by atoms with Gasteiger partial charge in [-0.15, -0.1) is 0 Å². The molecule has 2 rings (SSSR count). The third kappa shape index (κ3) is 2.50. The fourth-order valence-electron chi connectivity index (χ4n) is 1.12. The molecule has 1 nitrogen and oxygen atoms in total. The Labute approximate surface area is 82.8 Å². The zero-order chi connectivity index (χ0) is 9.10. The Balaban J connectivity index is 1.93. The molecule has 1 fully saturated rings. The van der Waals surface area contributed by atoms with Gasteiger partial charge in [0.25, 0.3) is 0 Å². The third-order valence-electron chi connectivity index (χ3n) is 2.09. The highest BCUT2D eigenvalue weighted by Gasteiger charge is 2.21. The minimum absolute atomic E-state index is 0.750. The Bertz CT molecular complexity index is 319. The maximum absolute atomic E-state index is 8.60. The lowest BCUT2D eigenvalue weighted by atomic mass is 10.2. The average Bonchev–Trinajstić information content (AvgIpc) is 2.99. The van der Waals surface area contributed by atoms with E-state index in [9.17, 15) is 0 Å². The molecule has 0 N–H and O–H groups in total. The lowest BCUT2D eigenvalue weighted by Gasteiger charge is -1.99. The van der Waals surface area contributed by atoms with Crippen LogP contribution in [0.4, 0.5) is 0 Å². The summed E-state index contributed by atoms with van der Waals surface area (Å²) in [5, 5.41) is 9.51. The monoisotopic (exact) mass is 189 g/mol. The highest BCUT2D eigenvalue weighted by atomic mass is 32.2. The summed E-state index contributed by atoms with van der Waals surface area (Å²) in [7, 11) is 0. The van der Waals surface area contributed by atoms with Crippen LogP contribution in [0.15, 0.2) is 24.3 Å². The molecule has 0 saturated heterocycles. The molecule has 0 bridgehead atoms. The first-order chi connectivity index (χ1) is 6.38. The predicted molar refractivity (Wildman–Crippen MR) is 55.5 cm³/mol. The largest absolute Gasteiger partial charge is 0.192 e. The summed E-state index contributed by atoms with van der Waals surface area (Å²) in [5.41, 5.74) is 2.08. The first-order valence-corrected chi connectivity index (χ1v) is 5.54. The summed E-state index contributed by atoms with van der Waals surface area (Å²) in [6.07, 6.45) is 2.78. The van der Waals surface area contributed by atoms with Crippen molar-refractivity contribution in [2.24, 2.45) is 0 Å². The van der Waals surface area contributed by atoms with Crippen molar-refractivity contribution >= 4 is 11.8 Å². The van der Waals surface area contributed by atoms with Crippen molar-refractivity contribution in [3.05, 3.63) is 35.4 Å². The first kappa shape index (κ1) is 8.65. The van der Waals surface area contributed by atoms with E-state index >= 15 is 0 Å². The third-order valence-corrected chi connectivity index (χ3v) is 3.54. The summed E-state index contributed by atoms with van der Waals surface area (Å²) in [5.74, 6) is 1.09. The second kappa shape index (κ2) is 3.85. The Hall–Kier alpha value is -0.940. The van der Waals surface area contributed by atoms with Crippen molar-refractivity contribution in [1.82, 2.24) is 0 Å². The van der Waals surface area contributed by atoms with E-state index in [1.54, 1.807) is 0 Å². The number of nitrogens with zero attached hydrogens (tertiary/aromatic N) is 1. The predicted octanol–water partition coefficient (Wildman–Crippen LogP) is 2.95. The summed E-state index contributed by atoms with van der Waals surface area (Å²) >= 11 is 2.03. The van der Waals surface area contributed by atoms with Gasteiger partial charge in [-0.05, 0) is 30.5 Å². The van der Waals surface area contributed by atoms with E-state index in [0.29, 0.717) is 0 Å². The fourth-order valence-corrected chi connectivity index (χ4v) is 2.21. The molecule has 0 unspecified atom stereocenters. The standard InChI is InChI=1S/C11H11NS/c12-7-9-1-3-10(4-2-9)8-13-11-5-6-11/h1-4,11H,5-6,8H2. The molecular formula is C11H11NS. The lowest BCUT2D eigenvalue weighted by Crippen LogP contribution is -1.82. The number of hydrogen-bond donors (Lipinski definition) is 0. The van der Waals surface area contributed by atoms with Crippen LogP contribution in [0.1, 0.15) is 24.0 Å². The minimum atomic E-state index is 0.750. The SMILES string of the molecule is N#Cc1ccc(CSC2CC2)cc1. The van der Waals surface area contributed by atoms with Gasteiger partial charge in [-0.3, -0.25) is 0 Å². The van der Waals surface area contributed by atoms with Gasteiger partial charge in [-0.2, -0.15) is 17.0 Å². The van der Waals surface area contributed by atoms with Gasteiger partial charge in [0.05, 0.1) is 11.6 Å². The van der Waals surface area contributed by atoms with E-state index < -0.39 is 0 Å². The Morgan fingerprint density at radius 2 is 2.00 bits per heavy atom. The molecule has 1 aromatic rings. The molecule has 0 atom stereocenters. The van der Waals surface area contributed by atoms with E-state index in [0.717, 1.165) is 16.6 Å². The Morgan fingerprint density at radius 3 is 2.54 bits per heavy atom. The molecule has 0 aliphatic heterocycles. The number of nitriles is 1. The zero-order valence-corrected chi connectivity index (χ0v) is 8.18. The first-order valence-electron chi connectivity index (χ1n) is 4.49. The van der Waals surface area contributed by atoms with Crippen LogP contribution in [-0.4, -0.2) is 5.25 Å². The van der Waals surface area contributed by atoms with Crippen molar-refractivity contribution in [3.8, 4) is 6.07 Å². The maximum Gasteiger partial charge on any atom is 0.0991 e. The molecule has 1 aliphatic carbocycles. The van der Waals surface area contributed by atoms with Crippen molar-refractivity contribution in [3.63, 3.8) is 0 Å². The van der Waals surface area contributed by atoms with Crippen molar-refractivity contribution < 1.29 is 0 Å². The molecule has 0 spiro atoms. The molecule has 1 aliphatic rings.